The molecule has 1 atom stereocenters. The van der Waals surface area contributed by atoms with Gasteiger partial charge in [0.1, 0.15) is 11.5 Å². The van der Waals surface area contributed by atoms with Gasteiger partial charge in [-0.05, 0) is 30.7 Å². The first kappa shape index (κ1) is 15.9. The standard InChI is InChI=1S/C15H15Cl2NO3S/c16-13-3-1-2-12(15(13)17)14-5-4-11(21-14)8-18-10-6-7-22(19,20)9-10/h1-5,10,18H,6-9H2. The number of halogens is 2. The van der Waals surface area contributed by atoms with Crippen LogP contribution in [0, 0.1) is 0 Å². The van der Waals surface area contributed by atoms with Gasteiger partial charge < -0.3 is 9.73 Å². The lowest BCUT2D eigenvalue weighted by molar-refractivity contribution is 0.464. The Labute approximate surface area is 139 Å². The Morgan fingerprint density at radius 3 is 2.77 bits per heavy atom. The molecule has 0 bridgehead atoms. The zero-order valence-corrected chi connectivity index (χ0v) is 14.0. The molecule has 1 aliphatic rings. The summed E-state index contributed by atoms with van der Waals surface area (Å²) < 4.78 is 28.6. The number of rotatable bonds is 4. The van der Waals surface area contributed by atoms with Crippen LogP contribution in [-0.2, 0) is 16.4 Å². The van der Waals surface area contributed by atoms with Crippen LogP contribution in [0.25, 0.3) is 11.3 Å². The molecule has 0 spiro atoms. The molecule has 0 radical (unpaired) electrons. The third-order valence-electron chi connectivity index (χ3n) is 3.68. The van der Waals surface area contributed by atoms with Crippen molar-refractivity contribution in [2.75, 3.05) is 11.5 Å². The summed E-state index contributed by atoms with van der Waals surface area (Å²) in [6.45, 7) is 0.484. The highest BCUT2D eigenvalue weighted by molar-refractivity contribution is 7.91. The Hall–Kier alpha value is -1.01. The summed E-state index contributed by atoms with van der Waals surface area (Å²) in [6.07, 6.45) is 0.649. The lowest BCUT2D eigenvalue weighted by Crippen LogP contribution is -2.29. The third kappa shape index (κ3) is 3.49. The third-order valence-corrected chi connectivity index (χ3v) is 6.26. The van der Waals surface area contributed by atoms with Crippen LogP contribution >= 0.6 is 23.2 Å². The molecular formula is C15H15Cl2NO3S. The maximum atomic E-state index is 11.4. The van der Waals surface area contributed by atoms with Gasteiger partial charge in [0.15, 0.2) is 9.84 Å². The van der Waals surface area contributed by atoms with E-state index in [2.05, 4.69) is 5.32 Å². The summed E-state index contributed by atoms with van der Waals surface area (Å²) in [5.74, 6) is 1.83. The molecule has 0 aliphatic carbocycles. The molecule has 1 aromatic heterocycles. The van der Waals surface area contributed by atoms with Gasteiger partial charge in [0.05, 0.1) is 28.1 Å². The molecule has 1 aliphatic heterocycles. The zero-order valence-electron chi connectivity index (χ0n) is 11.7. The van der Waals surface area contributed by atoms with Crippen molar-refractivity contribution >= 4 is 33.0 Å². The molecule has 2 heterocycles. The zero-order chi connectivity index (χ0) is 15.7. The fourth-order valence-electron chi connectivity index (χ4n) is 2.51. The highest BCUT2D eigenvalue weighted by Crippen LogP contribution is 2.34. The van der Waals surface area contributed by atoms with Gasteiger partial charge in [-0.1, -0.05) is 29.3 Å². The van der Waals surface area contributed by atoms with E-state index in [1.165, 1.54) is 0 Å². The Bertz CT molecular complexity index is 786. The second-order valence-corrected chi connectivity index (χ2v) is 8.36. The fraction of sp³-hybridized carbons (Fsp3) is 0.333. The SMILES string of the molecule is O=S1(=O)CCC(NCc2ccc(-c3cccc(Cl)c3Cl)o2)C1. The van der Waals surface area contributed by atoms with Gasteiger partial charge in [-0.25, -0.2) is 8.42 Å². The molecule has 1 fully saturated rings. The molecule has 0 saturated carbocycles. The maximum Gasteiger partial charge on any atom is 0.151 e. The van der Waals surface area contributed by atoms with E-state index in [1.54, 1.807) is 6.07 Å². The van der Waals surface area contributed by atoms with Crippen LogP contribution in [0.5, 0.6) is 0 Å². The maximum absolute atomic E-state index is 11.4. The van der Waals surface area contributed by atoms with Crippen LogP contribution in [0.3, 0.4) is 0 Å². The molecule has 118 valence electrons. The lowest BCUT2D eigenvalue weighted by atomic mass is 10.2. The molecule has 7 heteroatoms. The Morgan fingerprint density at radius 2 is 2.05 bits per heavy atom. The van der Waals surface area contributed by atoms with Crippen molar-refractivity contribution in [3.05, 3.63) is 46.1 Å². The minimum atomic E-state index is -2.87. The Kier molecular flexibility index (Phi) is 4.50. The Balaban J connectivity index is 1.68. The number of hydrogen-bond acceptors (Lipinski definition) is 4. The van der Waals surface area contributed by atoms with Crippen molar-refractivity contribution in [2.24, 2.45) is 0 Å². The number of furan rings is 1. The molecule has 1 unspecified atom stereocenters. The second kappa shape index (κ2) is 6.24. The first-order chi connectivity index (χ1) is 10.4. The first-order valence-electron chi connectivity index (χ1n) is 6.91. The van der Waals surface area contributed by atoms with E-state index in [0.717, 1.165) is 11.3 Å². The molecule has 2 aromatic rings. The van der Waals surface area contributed by atoms with Gasteiger partial charge in [-0.15, -0.1) is 0 Å². The van der Waals surface area contributed by atoms with Gasteiger partial charge in [-0.2, -0.15) is 0 Å². The summed E-state index contributed by atoms with van der Waals surface area (Å²) in [7, 11) is -2.87. The molecule has 0 amide bonds. The van der Waals surface area contributed by atoms with E-state index in [9.17, 15) is 8.42 Å². The van der Waals surface area contributed by atoms with Crippen molar-refractivity contribution in [3.63, 3.8) is 0 Å². The van der Waals surface area contributed by atoms with E-state index in [0.29, 0.717) is 28.8 Å². The predicted molar refractivity (Wildman–Crippen MR) is 88.1 cm³/mol. The van der Waals surface area contributed by atoms with Gasteiger partial charge in [-0.3, -0.25) is 0 Å². The van der Waals surface area contributed by atoms with Gasteiger partial charge >= 0.3 is 0 Å². The van der Waals surface area contributed by atoms with E-state index in [1.807, 2.05) is 24.3 Å². The second-order valence-electron chi connectivity index (χ2n) is 5.35. The molecule has 1 N–H and O–H groups in total. The largest absolute Gasteiger partial charge is 0.460 e. The van der Waals surface area contributed by atoms with E-state index in [4.69, 9.17) is 27.6 Å². The monoisotopic (exact) mass is 359 g/mol. The van der Waals surface area contributed by atoms with Crippen molar-refractivity contribution in [1.29, 1.82) is 0 Å². The minimum absolute atomic E-state index is 0.00620. The smallest absolute Gasteiger partial charge is 0.151 e. The summed E-state index contributed by atoms with van der Waals surface area (Å²) in [5.41, 5.74) is 0.740. The summed E-state index contributed by atoms with van der Waals surface area (Å²) >= 11 is 12.2. The molecule has 3 rings (SSSR count). The van der Waals surface area contributed by atoms with E-state index in [-0.39, 0.29) is 17.5 Å². The molecule has 4 nitrogen and oxygen atoms in total. The van der Waals surface area contributed by atoms with Crippen molar-refractivity contribution in [1.82, 2.24) is 5.32 Å². The van der Waals surface area contributed by atoms with Gasteiger partial charge in [0.2, 0.25) is 0 Å². The average molecular weight is 360 g/mol. The highest BCUT2D eigenvalue weighted by Gasteiger charge is 2.27. The van der Waals surface area contributed by atoms with E-state index >= 15 is 0 Å². The molecular weight excluding hydrogens is 345 g/mol. The normalized spacial score (nSPS) is 20.4. The summed E-state index contributed by atoms with van der Waals surface area (Å²) in [4.78, 5) is 0. The highest BCUT2D eigenvalue weighted by atomic mass is 35.5. The van der Waals surface area contributed by atoms with Crippen LogP contribution in [0.1, 0.15) is 12.2 Å². The van der Waals surface area contributed by atoms with Crippen LogP contribution < -0.4 is 5.32 Å². The number of sulfone groups is 1. The molecule has 1 saturated heterocycles. The van der Waals surface area contributed by atoms with Crippen molar-refractivity contribution in [2.45, 2.75) is 19.0 Å². The first-order valence-corrected chi connectivity index (χ1v) is 9.49. The van der Waals surface area contributed by atoms with Crippen molar-refractivity contribution < 1.29 is 12.8 Å². The van der Waals surface area contributed by atoms with E-state index < -0.39 is 9.84 Å². The topological polar surface area (TPSA) is 59.3 Å². The van der Waals surface area contributed by atoms with Crippen molar-refractivity contribution in [3.8, 4) is 11.3 Å². The van der Waals surface area contributed by atoms with Crippen LogP contribution in [0.2, 0.25) is 10.0 Å². The average Bonchev–Trinajstić information content (AvgIpc) is 3.06. The van der Waals surface area contributed by atoms with Gasteiger partial charge in [0, 0.05) is 11.6 Å². The summed E-state index contributed by atoms with van der Waals surface area (Å²) in [6, 6.07) is 9.05. The number of nitrogens with one attached hydrogen (secondary N) is 1. The Morgan fingerprint density at radius 1 is 1.23 bits per heavy atom. The quantitative estimate of drug-likeness (QED) is 0.906. The predicted octanol–water partition coefficient (Wildman–Crippen LogP) is 3.53. The minimum Gasteiger partial charge on any atom is -0.460 e. The number of benzene rings is 1. The van der Waals surface area contributed by atoms with Crippen LogP contribution in [-0.4, -0.2) is 26.0 Å². The van der Waals surface area contributed by atoms with Crippen LogP contribution in [0.15, 0.2) is 34.7 Å². The lowest BCUT2D eigenvalue weighted by Gasteiger charge is -2.08. The molecule has 22 heavy (non-hydrogen) atoms. The fourth-order valence-corrected chi connectivity index (χ4v) is 4.61. The number of hydrogen-bond donors (Lipinski definition) is 1. The van der Waals surface area contributed by atoms with Crippen LogP contribution in [0.4, 0.5) is 0 Å². The molecule has 1 aromatic carbocycles. The van der Waals surface area contributed by atoms with Gasteiger partial charge in [0.25, 0.3) is 0 Å². The summed E-state index contributed by atoms with van der Waals surface area (Å²) in [5, 5.41) is 4.15.